The van der Waals surface area contributed by atoms with Crippen LogP contribution in [0.1, 0.15) is 12.5 Å². The molecule has 0 radical (unpaired) electrons. The highest BCUT2D eigenvalue weighted by atomic mass is 19.3. The van der Waals surface area contributed by atoms with E-state index in [4.69, 9.17) is 9.47 Å². The number of carbonyl (C=O) groups excluding carboxylic acids is 1. The number of nitrogens with zero attached hydrogens (tertiary/aromatic N) is 1. The van der Waals surface area contributed by atoms with Crippen LogP contribution in [0.2, 0.25) is 0 Å². The van der Waals surface area contributed by atoms with Crippen LogP contribution in [0, 0.1) is 0 Å². The predicted molar refractivity (Wildman–Crippen MR) is 102 cm³/mol. The molecule has 2 rings (SSSR count). The molecule has 2 aromatic rings. The summed E-state index contributed by atoms with van der Waals surface area (Å²) < 4.78 is 39.2. The normalized spacial score (nSPS) is 12.0. The van der Waals surface area contributed by atoms with Crippen molar-refractivity contribution in [3.63, 3.8) is 0 Å². The number of likely N-dealkylation sites (N-methyl/N-ethyl adjacent to an activating group) is 1. The van der Waals surface area contributed by atoms with Gasteiger partial charge in [0.05, 0.1) is 20.3 Å². The fourth-order valence-corrected chi connectivity index (χ4v) is 2.56. The lowest BCUT2D eigenvalue weighted by atomic mass is 10.1. The van der Waals surface area contributed by atoms with Gasteiger partial charge in [-0.15, -0.1) is 0 Å². The van der Waals surface area contributed by atoms with E-state index in [0.29, 0.717) is 23.7 Å². The SMILES string of the molecule is COc1ccc(NC(=O)[C@@H](C)N(C)Cc2ccc(OC(F)F)cc2)cc1OC. The molecule has 0 heterocycles. The van der Waals surface area contributed by atoms with E-state index in [-0.39, 0.29) is 11.7 Å². The minimum absolute atomic E-state index is 0.0978. The molecule has 6 nitrogen and oxygen atoms in total. The minimum Gasteiger partial charge on any atom is -0.493 e. The van der Waals surface area contributed by atoms with Crippen LogP contribution in [-0.2, 0) is 11.3 Å². The third kappa shape index (κ3) is 5.82. The van der Waals surface area contributed by atoms with Gasteiger partial charge in [0.2, 0.25) is 5.91 Å². The molecule has 0 aliphatic carbocycles. The van der Waals surface area contributed by atoms with Crippen molar-refractivity contribution in [3.05, 3.63) is 48.0 Å². The van der Waals surface area contributed by atoms with Gasteiger partial charge in [0.1, 0.15) is 5.75 Å². The summed E-state index contributed by atoms with van der Waals surface area (Å²) >= 11 is 0. The number of alkyl halides is 2. The molecule has 0 unspecified atom stereocenters. The van der Waals surface area contributed by atoms with Gasteiger partial charge >= 0.3 is 6.61 Å². The van der Waals surface area contributed by atoms with Gasteiger partial charge in [-0.1, -0.05) is 12.1 Å². The zero-order valence-corrected chi connectivity index (χ0v) is 16.2. The summed E-state index contributed by atoms with van der Waals surface area (Å²) in [4.78, 5) is 14.4. The second kappa shape index (κ2) is 9.89. The first kappa shape index (κ1) is 21.4. The summed E-state index contributed by atoms with van der Waals surface area (Å²) in [5, 5.41) is 2.85. The summed E-state index contributed by atoms with van der Waals surface area (Å²) in [5.41, 5.74) is 1.46. The quantitative estimate of drug-likeness (QED) is 0.702. The van der Waals surface area contributed by atoms with Crippen molar-refractivity contribution < 1.29 is 27.8 Å². The maximum absolute atomic E-state index is 12.5. The van der Waals surface area contributed by atoms with E-state index in [1.165, 1.54) is 19.2 Å². The van der Waals surface area contributed by atoms with Crippen LogP contribution in [0.4, 0.5) is 14.5 Å². The largest absolute Gasteiger partial charge is 0.493 e. The standard InChI is InChI=1S/C20H24F2N2O4/c1-13(19(25)23-15-7-10-17(26-3)18(11-15)27-4)24(2)12-14-5-8-16(9-6-14)28-20(21)22/h5-11,13,20H,12H2,1-4H3,(H,23,25)/t13-/m1/s1. The fraction of sp³-hybridized carbons (Fsp3) is 0.350. The lowest BCUT2D eigenvalue weighted by Gasteiger charge is -2.24. The molecule has 152 valence electrons. The lowest BCUT2D eigenvalue weighted by molar-refractivity contribution is -0.120. The van der Waals surface area contributed by atoms with Crippen LogP contribution in [0.15, 0.2) is 42.5 Å². The molecule has 0 aliphatic rings. The molecule has 0 spiro atoms. The Bertz CT molecular complexity index is 784. The number of hydrogen-bond acceptors (Lipinski definition) is 5. The third-order valence-corrected chi connectivity index (χ3v) is 4.27. The highest BCUT2D eigenvalue weighted by Crippen LogP contribution is 2.29. The molecular formula is C20H24F2N2O4. The Labute approximate surface area is 163 Å². The number of anilines is 1. The molecule has 0 fully saturated rings. The summed E-state index contributed by atoms with van der Waals surface area (Å²) in [6.07, 6.45) is 0. The molecule has 0 aliphatic heterocycles. The van der Waals surface area contributed by atoms with Gasteiger partial charge in [-0.2, -0.15) is 8.78 Å². The van der Waals surface area contributed by atoms with Crippen LogP contribution in [0.25, 0.3) is 0 Å². The zero-order valence-electron chi connectivity index (χ0n) is 16.2. The van der Waals surface area contributed by atoms with E-state index in [2.05, 4.69) is 10.1 Å². The number of halogens is 2. The second-order valence-electron chi connectivity index (χ2n) is 6.17. The topological polar surface area (TPSA) is 60.0 Å². The Balaban J connectivity index is 1.96. The first-order valence-electron chi connectivity index (χ1n) is 8.61. The van der Waals surface area contributed by atoms with Gasteiger partial charge < -0.3 is 19.5 Å². The highest BCUT2D eigenvalue weighted by Gasteiger charge is 2.19. The van der Waals surface area contributed by atoms with Crippen LogP contribution < -0.4 is 19.5 Å². The van der Waals surface area contributed by atoms with Gasteiger partial charge in [0.15, 0.2) is 11.5 Å². The fourth-order valence-electron chi connectivity index (χ4n) is 2.56. The maximum Gasteiger partial charge on any atom is 0.387 e. The van der Waals surface area contributed by atoms with E-state index < -0.39 is 12.7 Å². The van der Waals surface area contributed by atoms with Crippen molar-refractivity contribution in [2.24, 2.45) is 0 Å². The molecule has 0 saturated carbocycles. The summed E-state index contributed by atoms with van der Waals surface area (Å²) in [5.74, 6) is 1.00. The summed E-state index contributed by atoms with van der Waals surface area (Å²) in [6, 6.07) is 11.0. The van der Waals surface area contributed by atoms with E-state index >= 15 is 0 Å². The van der Waals surface area contributed by atoms with Crippen molar-refractivity contribution in [2.75, 3.05) is 26.6 Å². The van der Waals surface area contributed by atoms with Crippen LogP contribution >= 0.6 is 0 Å². The Morgan fingerprint density at radius 3 is 2.29 bits per heavy atom. The molecule has 0 aromatic heterocycles. The van der Waals surface area contributed by atoms with Crippen LogP contribution in [-0.4, -0.2) is 44.7 Å². The summed E-state index contributed by atoms with van der Waals surface area (Å²) in [7, 11) is 4.87. The molecule has 0 bridgehead atoms. The van der Waals surface area contributed by atoms with E-state index in [0.717, 1.165) is 5.56 Å². The number of methoxy groups -OCH3 is 2. The van der Waals surface area contributed by atoms with Gasteiger partial charge in [-0.25, -0.2) is 0 Å². The molecule has 8 heteroatoms. The van der Waals surface area contributed by atoms with Gasteiger partial charge in [-0.05, 0) is 43.8 Å². The van der Waals surface area contributed by atoms with Crippen LogP contribution in [0.3, 0.4) is 0 Å². The van der Waals surface area contributed by atoms with Gasteiger partial charge in [-0.3, -0.25) is 9.69 Å². The average Bonchev–Trinajstić information content (AvgIpc) is 2.68. The van der Waals surface area contributed by atoms with Crippen molar-refractivity contribution in [1.29, 1.82) is 0 Å². The Hall–Kier alpha value is -2.87. The van der Waals surface area contributed by atoms with Crippen molar-refractivity contribution >= 4 is 11.6 Å². The molecule has 1 N–H and O–H groups in total. The molecule has 28 heavy (non-hydrogen) atoms. The maximum atomic E-state index is 12.5. The van der Waals surface area contributed by atoms with E-state index in [9.17, 15) is 13.6 Å². The second-order valence-corrected chi connectivity index (χ2v) is 6.17. The number of nitrogens with one attached hydrogen (secondary N) is 1. The number of carbonyl (C=O) groups is 1. The number of hydrogen-bond donors (Lipinski definition) is 1. The Kier molecular flexibility index (Phi) is 7.57. The molecule has 1 atom stereocenters. The average molecular weight is 394 g/mol. The van der Waals surface area contributed by atoms with Crippen molar-refractivity contribution in [2.45, 2.75) is 26.1 Å². The molecule has 0 saturated heterocycles. The zero-order chi connectivity index (χ0) is 20.7. The monoisotopic (exact) mass is 394 g/mol. The van der Waals surface area contributed by atoms with E-state index in [1.54, 1.807) is 44.4 Å². The first-order chi connectivity index (χ1) is 13.3. The highest BCUT2D eigenvalue weighted by molar-refractivity contribution is 5.94. The molecular weight excluding hydrogens is 370 g/mol. The molecule has 2 aromatic carbocycles. The minimum atomic E-state index is -2.85. The third-order valence-electron chi connectivity index (χ3n) is 4.27. The smallest absolute Gasteiger partial charge is 0.387 e. The number of benzene rings is 2. The number of amides is 1. The van der Waals surface area contributed by atoms with Crippen molar-refractivity contribution in [3.8, 4) is 17.2 Å². The summed E-state index contributed by atoms with van der Waals surface area (Å²) in [6.45, 7) is -0.603. The van der Waals surface area contributed by atoms with E-state index in [1.807, 2.05) is 11.9 Å². The molecule has 1 amide bonds. The van der Waals surface area contributed by atoms with Crippen molar-refractivity contribution in [1.82, 2.24) is 4.90 Å². The number of rotatable bonds is 9. The van der Waals surface area contributed by atoms with Gasteiger partial charge in [0.25, 0.3) is 0 Å². The Morgan fingerprint density at radius 2 is 1.71 bits per heavy atom. The number of ether oxygens (including phenoxy) is 3. The first-order valence-corrected chi connectivity index (χ1v) is 8.61. The van der Waals surface area contributed by atoms with Crippen LogP contribution in [0.5, 0.6) is 17.2 Å². The van der Waals surface area contributed by atoms with Gasteiger partial charge in [0, 0.05) is 18.3 Å². The Morgan fingerprint density at radius 1 is 1.07 bits per heavy atom. The predicted octanol–water partition coefficient (Wildman–Crippen LogP) is 3.76. The lowest BCUT2D eigenvalue weighted by Crippen LogP contribution is -2.39.